The van der Waals surface area contributed by atoms with Crippen molar-refractivity contribution in [2.75, 3.05) is 26.8 Å². The third-order valence-electron chi connectivity index (χ3n) is 2.64. The molecule has 20 heavy (non-hydrogen) atoms. The van der Waals surface area contributed by atoms with Crippen molar-refractivity contribution >= 4 is 6.09 Å². The van der Waals surface area contributed by atoms with Gasteiger partial charge in [-0.15, -0.1) is 0 Å². The molecule has 5 nitrogen and oxygen atoms in total. The summed E-state index contributed by atoms with van der Waals surface area (Å²) in [6.45, 7) is 5.46. The molecule has 5 heteroatoms. The van der Waals surface area contributed by atoms with Crippen molar-refractivity contribution in [3.05, 3.63) is 35.9 Å². The Balaban J connectivity index is 2.37. The second-order valence-corrected chi connectivity index (χ2v) is 4.26. The van der Waals surface area contributed by atoms with Gasteiger partial charge in [0.05, 0.1) is 6.54 Å². The highest BCUT2D eigenvalue weighted by molar-refractivity contribution is 5.67. The Hall–Kier alpha value is -1.59. The minimum Gasteiger partial charge on any atom is -0.445 e. The molecule has 0 unspecified atom stereocenters. The first kappa shape index (κ1) is 16.5. The molecule has 0 saturated heterocycles. The van der Waals surface area contributed by atoms with Crippen molar-refractivity contribution in [3.63, 3.8) is 0 Å². The Kier molecular flexibility index (Phi) is 7.69. The maximum Gasteiger partial charge on any atom is 0.410 e. The molecule has 1 aromatic rings. The molecule has 0 spiro atoms. The molecule has 112 valence electrons. The van der Waals surface area contributed by atoms with Crippen LogP contribution in [0.2, 0.25) is 0 Å². The lowest BCUT2D eigenvalue weighted by Gasteiger charge is -2.23. The van der Waals surface area contributed by atoms with E-state index in [-0.39, 0.29) is 6.61 Å². The fourth-order valence-corrected chi connectivity index (χ4v) is 1.65. The number of hydrogen-bond acceptors (Lipinski definition) is 4. The smallest absolute Gasteiger partial charge is 0.410 e. The number of carbonyl (C=O) groups excluding carboxylic acids is 1. The monoisotopic (exact) mass is 281 g/mol. The van der Waals surface area contributed by atoms with Gasteiger partial charge in [-0.05, 0) is 19.4 Å². The van der Waals surface area contributed by atoms with Crippen LogP contribution in [0.15, 0.2) is 30.3 Å². The van der Waals surface area contributed by atoms with E-state index in [0.29, 0.717) is 19.8 Å². The highest BCUT2D eigenvalue weighted by atomic mass is 16.7. The zero-order valence-electron chi connectivity index (χ0n) is 12.4. The molecule has 1 aromatic carbocycles. The molecule has 1 rings (SSSR count). The SMILES string of the molecule is CCOC(CN(C)C(=O)OCc1ccccc1)OCC. The fraction of sp³-hybridized carbons (Fsp3) is 0.533. The van der Waals surface area contributed by atoms with E-state index in [0.717, 1.165) is 5.56 Å². The molecule has 0 N–H and O–H groups in total. The van der Waals surface area contributed by atoms with E-state index >= 15 is 0 Å². The first-order valence-electron chi connectivity index (χ1n) is 6.82. The first-order valence-corrected chi connectivity index (χ1v) is 6.82. The normalized spacial score (nSPS) is 10.6. The second kappa shape index (κ2) is 9.34. The van der Waals surface area contributed by atoms with Gasteiger partial charge in [-0.2, -0.15) is 0 Å². The van der Waals surface area contributed by atoms with E-state index in [1.54, 1.807) is 7.05 Å². The van der Waals surface area contributed by atoms with Gasteiger partial charge in [-0.1, -0.05) is 30.3 Å². The van der Waals surface area contributed by atoms with Crippen LogP contribution in [0.4, 0.5) is 4.79 Å². The highest BCUT2D eigenvalue weighted by Gasteiger charge is 2.17. The molecule has 0 aliphatic carbocycles. The van der Waals surface area contributed by atoms with Crippen LogP contribution in [0.5, 0.6) is 0 Å². The molecular formula is C15H23NO4. The highest BCUT2D eigenvalue weighted by Crippen LogP contribution is 2.04. The summed E-state index contributed by atoms with van der Waals surface area (Å²) in [6, 6.07) is 9.57. The molecule has 1 amide bonds. The van der Waals surface area contributed by atoms with E-state index < -0.39 is 12.4 Å². The largest absolute Gasteiger partial charge is 0.445 e. The quantitative estimate of drug-likeness (QED) is 0.687. The standard InChI is InChI=1S/C15H23NO4/c1-4-18-14(19-5-2)11-16(3)15(17)20-12-13-9-7-6-8-10-13/h6-10,14H,4-5,11-12H2,1-3H3. The van der Waals surface area contributed by atoms with E-state index in [9.17, 15) is 4.79 Å². The molecule has 0 fully saturated rings. The van der Waals surface area contributed by atoms with Gasteiger partial charge < -0.3 is 19.1 Å². The molecule has 0 radical (unpaired) electrons. The Morgan fingerprint density at radius 1 is 1.15 bits per heavy atom. The minimum absolute atomic E-state index is 0.262. The third-order valence-corrected chi connectivity index (χ3v) is 2.64. The average Bonchev–Trinajstić information content (AvgIpc) is 2.46. The van der Waals surface area contributed by atoms with E-state index in [4.69, 9.17) is 14.2 Å². The summed E-state index contributed by atoms with van der Waals surface area (Å²) in [5, 5.41) is 0. The lowest BCUT2D eigenvalue weighted by Crippen LogP contribution is -2.37. The summed E-state index contributed by atoms with van der Waals surface area (Å²) >= 11 is 0. The summed E-state index contributed by atoms with van der Waals surface area (Å²) in [4.78, 5) is 13.3. The zero-order chi connectivity index (χ0) is 14.8. The molecule has 0 heterocycles. The number of benzene rings is 1. The lowest BCUT2D eigenvalue weighted by molar-refractivity contribution is -0.143. The topological polar surface area (TPSA) is 48.0 Å². The average molecular weight is 281 g/mol. The number of nitrogens with zero attached hydrogens (tertiary/aromatic N) is 1. The molecule has 0 bridgehead atoms. The van der Waals surface area contributed by atoms with Crippen LogP contribution in [-0.4, -0.2) is 44.1 Å². The van der Waals surface area contributed by atoms with Gasteiger partial charge in [0.2, 0.25) is 0 Å². The van der Waals surface area contributed by atoms with Gasteiger partial charge in [0, 0.05) is 20.3 Å². The van der Waals surface area contributed by atoms with Crippen molar-refractivity contribution < 1.29 is 19.0 Å². The van der Waals surface area contributed by atoms with E-state index in [1.807, 2.05) is 44.2 Å². The summed E-state index contributed by atoms with van der Waals surface area (Å²) in [5.74, 6) is 0. The van der Waals surface area contributed by atoms with Gasteiger partial charge in [0.1, 0.15) is 6.61 Å². The summed E-state index contributed by atoms with van der Waals surface area (Å²) < 4.78 is 16.0. The first-order chi connectivity index (χ1) is 9.67. The number of amides is 1. The van der Waals surface area contributed by atoms with Crippen LogP contribution in [0.1, 0.15) is 19.4 Å². The molecule has 0 aromatic heterocycles. The zero-order valence-corrected chi connectivity index (χ0v) is 12.4. The van der Waals surface area contributed by atoms with Crippen molar-refractivity contribution in [2.24, 2.45) is 0 Å². The van der Waals surface area contributed by atoms with Crippen LogP contribution in [-0.2, 0) is 20.8 Å². The molecule has 0 aliphatic rings. The Morgan fingerprint density at radius 3 is 2.30 bits per heavy atom. The van der Waals surface area contributed by atoms with Gasteiger partial charge >= 0.3 is 6.09 Å². The molecular weight excluding hydrogens is 258 g/mol. The number of ether oxygens (including phenoxy) is 3. The molecule has 0 saturated carbocycles. The van der Waals surface area contributed by atoms with Crippen molar-refractivity contribution in [3.8, 4) is 0 Å². The van der Waals surface area contributed by atoms with Crippen molar-refractivity contribution in [1.29, 1.82) is 0 Å². The maximum absolute atomic E-state index is 11.9. The Labute approximate surface area is 120 Å². The molecule has 0 atom stereocenters. The van der Waals surface area contributed by atoms with Crippen LogP contribution in [0, 0.1) is 0 Å². The fourth-order valence-electron chi connectivity index (χ4n) is 1.65. The number of rotatable bonds is 8. The Morgan fingerprint density at radius 2 is 1.75 bits per heavy atom. The summed E-state index contributed by atoms with van der Waals surface area (Å²) in [5.41, 5.74) is 0.959. The van der Waals surface area contributed by atoms with Crippen LogP contribution >= 0.6 is 0 Å². The minimum atomic E-state index is -0.417. The maximum atomic E-state index is 11.9. The lowest BCUT2D eigenvalue weighted by atomic mass is 10.2. The van der Waals surface area contributed by atoms with Gasteiger partial charge in [-0.3, -0.25) is 0 Å². The van der Waals surface area contributed by atoms with E-state index in [1.165, 1.54) is 4.90 Å². The van der Waals surface area contributed by atoms with Crippen molar-refractivity contribution in [2.45, 2.75) is 26.7 Å². The number of likely N-dealkylation sites (N-methyl/N-ethyl adjacent to an activating group) is 1. The predicted molar refractivity (Wildman–Crippen MR) is 76.3 cm³/mol. The predicted octanol–water partition coefficient (Wildman–Crippen LogP) is 2.65. The van der Waals surface area contributed by atoms with Crippen LogP contribution < -0.4 is 0 Å². The van der Waals surface area contributed by atoms with Crippen LogP contribution in [0.3, 0.4) is 0 Å². The molecule has 0 aliphatic heterocycles. The van der Waals surface area contributed by atoms with Crippen molar-refractivity contribution in [1.82, 2.24) is 4.90 Å². The summed E-state index contributed by atoms with van der Waals surface area (Å²) in [6.07, 6.45) is -0.808. The number of hydrogen-bond donors (Lipinski definition) is 0. The van der Waals surface area contributed by atoms with Gasteiger partial charge in [-0.25, -0.2) is 4.79 Å². The van der Waals surface area contributed by atoms with E-state index in [2.05, 4.69) is 0 Å². The summed E-state index contributed by atoms with van der Waals surface area (Å²) in [7, 11) is 1.67. The second-order valence-electron chi connectivity index (χ2n) is 4.26. The number of carbonyl (C=O) groups is 1. The van der Waals surface area contributed by atoms with Crippen LogP contribution in [0.25, 0.3) is 0 Å². The third kappa shape index (κ3) is 6.04. The van der Waals surface area contributed by atoms with Gasteiger partial charge in [0.15, 0.2) is 6.29 Å². The van der Waals surface area contributed by atoms with Gasteiger partial charge in [0.25, 0.3) is 0 Å². The Bertz CT molecular complexity index is 377.